The Morgan fingerprint density at radius 2 is 1.90 bits per heavy atom. The Labute approximate surface area is 130 Å². The van der Waals surface area contributed by atoms with Crippen molar-refractivity contribution in [2.24, 2.45) is 5.92 Å². The van der Waals surface area contributed by atoms with Gasteiger partial charge in [-0.15, -0.1) is 0 Å². The third-order valence-electron chi connectivity index (χ3n) is 4.15. The van der Waals surface area contributed by atoms with E-state index in [1.165, 1.54) is 0 Å². The van der Waals surface area contributed by atoms with Crippen LogP contribution >= 0.6 is 15.9 Å². The van der Waals surface area contributed by atoms with Crippen LogP contribution in [-0.4, -0.2) is 23.2 Å². The van der Waals surface area contributed by atoms with Crippen molar-refractivity contribution in [3.05, 3.63) is 33.8 Å². The Morgan fingerprint density at radius 3 is 2.38 bits per heavy atom. The molecule has 6 heteroatoms. The van der Waals surface area contributed by atoms with Crippen LogP contribution in [0.1, 0.15) is 43.0 Å². The number of aliphatic hydroxyl groups is 1. The van der Waals surface area contributed by atoms with Crippen LogP contribution in [0.15, 0.2) is 16.6 Å². The molecule has 1 amide bonds. The summed E-state index contributed by atoms with van der Waals surface area (Å²) < 4.78 is 27.9. The van der Waals surface area contributed by atoms with Crippen molar-refractivity contribution in [2.45, 2.75) is 38.1 Å². The van der Waals surface area contributed by atoms with Gasteiger partial charge < -0.3 is 10.4 Å². The maximum Gasteiger partial charge on any atom is 0.257 e. The molecule has 1 fully saturated rings. The Balaban J connectivity index is 2.21. The van der Waals surface area contributed by atoms with Gasteiger partial charge in [-0.2, -0.15) is 0 Å². The predicted octanol–water partition coefficient (Wildman–Crippen LogP) is 3.40. The molecular weight excluding hydrogens is 344 g/mol. The minimum absolute atomic E-state index is 0.231. The highest BCUT2D eigenvalue weighted by Crippen LogP contribution is 2.32. The van der Waals surface area contributed by atoms with Crippen molar-refractivity contribution in [1.82, 2.24) is 5.32 Å². The highest BCUT2D eigenvalue weighted by atomic mass is 79.9. The number of nitrogens with one attached hydrogen (secondary N) is 1. The average molecular weight is 362 g/mol. The smallest absolute Gasteiger partial charge is 0.257 e. The van der Waals surface area contributed by atoms with Gasteiger partial charge in [0.05, 0.1) is 12.1 Å². The van der Waals surface area contributed by atoms with Crippen LogP contribution in [0.5, 0.6) is 0 Å². The number of hydrogen-bond acceptors (Lipinski definition) is 2. The van der Waals surface area contributed by atoms with Crippen molar-refractivity contribution < 1.29 is 18.7 Å². The van der Waals surface area contributed by atoms with E-state index in [0.717, 1.165) is 25.0 Å². The Bertz CT molecular complexity index is 519. The summed E-state index contributed by atoms with van der Waals surface area (Å²) in [6.07, 6.45) is 2.95. The topological polar surface area (TPSA) is 49.3 Å². The van der Waals surface area contributed by atoms with E-state index >= 15 is 0 Å². The van der Waals surface area contributed by atoms with E-state index in [-0.39, 0.29) is 11.1 Å². The van der Waals surface area contributed by atoms with E-state index < -0.39 is 28.6 Å². The zero-order valence-corrected chi connectivity index (χ0v) is 13.3. The zero-order valence-electron chi connectivity index (χ0n) is 11.8. The summed E-state index contributed by atoms with van der Waals surface area (Å²) in [7, 11) is 0. The van der Waals surface area contributed by atoms with Gasteiger partial charge >= 0.3 is 0 Å². The molecule has 0 bridgehead atoms. The highest BCUT2D eigenvalue weighted by Gasteiger charge is 2.36. The monoisotopic (exact) mass is 361 g/mol. The molecule has 0 unspecified atom stereocenters. The molecule has 2 N–H and O–H groups in total. The molecule has 3 nitrogen and oxygen atoms in total. The molecule has 21 heavy (non-hydrogen) atoms. The summed E-state index contributed by atoms with van der Waals surface area (Å²) in [6.45, 7) is 1.88. The third-order valence-corrected chi connectivity index (χ3v) is 4.60. The molecule has 1 aromatic carbocycles. The number of rotatable bonds is 3. The lowest BCUT2D eigenvalue weighted by atomic mass is 9.77. The Hall–Kier alpha value is -1.01. The van der Waals surface area contributed by atoms with E-state index in [0.29, 0.717) is 18.8 Å². The second-order valence-corrected chi connectivity index (χ2v) is 6.74. The molecule has 2 rings (SSSR count). The molecule has 1 saturated carbocycles. The number of halogens is 3. The Kier molecular flexibility index (Phi) is 4.99. The molecular formula is C15H18BrF2NO2. The number of carbonyl (C=O) groups excluding carboxylic acids is 1. The van der Waals surface area contributed by atoms with Gasteiger partial charge in [-0.05, 0) is 43.7 Å². The van der Waals surface area contributed by atoms with Crippen molar-refractivity contribution in [3.63, 3.8) is 0 Å². The van der Waals surface area contributed by atoms with Crippen LogP contribution in [-0.2, 0) is 0 Å². The first-order valence-corrected chi connectivity index (χ1v) is 7.74. The molecule has 0 atom stereocenters. The molecule has 1 aliphatic carbocycles. The van der Waals surface area contributed by atoms with Gasteiger partial charge in [0.15, 0.2) is 0 Å². The summed E-state index contributed by atoms with van der Waals surface area (Å²) in [5.74, 6) is -2.13. The van der Waals surface area contributed by atoms with Gasteiger partial charge in [0.2, 0.25) is 0 Å². The SMILES string of the molecule is CC1CCC(CO)(NC(=O)c2c(F)cc(Br)cc2F)CC1. The lowest BCUT2D eigenvalue weighted by molar-refractivity contribution is 0.0709. The fourth-order valence-electron chi connectivity index (χ4n) is 2.70. The second kappa shape index (κ2) is 6.40. The van der Waals surface area contributed by atoms with Crippen molar-refractivity contribution in [3.8, 4) is 0 Å². The molecule has 0 aliphatic heterocycles. The van der Waals surface area contributed by atoms with Gasteiger partial charge in [-0.25, -0.2) is 8.78 Å². The van der Waals surface area contributed by atoms with Gasteiger partial charge in [0, 0.05) is 4.47 Å². The third kappa shape index (κ3) is 3.61. The van der Waals surface area contributed by atoms with Crippen LogP contribution < -0.4 is 5.32 Å². The highest BCUT2D eigenvalue weighted by molar-refractivity contribution is 9.10. The quantitative estimate of drug-likeness (QED) is 0.866. The minimum Gasteiger partial charge on any atom is -0.394 e. The van der Waals surface area contributed by atoms with E-state index in [1.54, 1.807) is 0 Å². The van der Waals surface area contributed by atoms with Gasteiger partial charge in [-0.1, -0.05) is 22.9 Å². The fourth-order valence-corrected chi connectivity index (χ4v) is 3.10. The van der Waals surface area contributed by atoms with Crippen LogP contribution in [0.25, 0.3) is 0 Å². The maximum absolute atomic E-state index is 13.8. The molecule has 1 aromatic rings. The van der Waals surface area contributed by atoms with E-state index in [1.807, 2.05) is 0 Å². The summed E-state index contributed by atoms with van der Waals surface area (Å²) in [4.78, 5) is 12.2. The standard InChI is InChI=1S/C15H18BrF2NO2/c1-9-2-4-15(8-20,5-3-9)19-14(21)13-11(17)6-10(16)7-12(13)18/h6-7,9,20H,2-5,8H2,1H3,(H,19,21). The first kappa shape index (κ1) is 16.4. The van der Waals surface area contributed by atoms with Gasteiger partial charge in [0.1, 0.15) is 17.2 Å². The first-order valence-electron chi connectivity index (χ1n) is 6.95. The molecule has 0 spiro atoms. The second-order valence-electron chi connectivity index (χ2n) is 5.82. The largest absolute Gasteiger partial charge is 0.394 e. The van der Waals surface area contributed by atoms with Crippen molar-refractivity contribution >= 4 is 21.8 Å². The van der Waals surface area contributed by atoms with Crippen LogP contribution in [0.4, 0.5) is 8.78 Å². The number of hydrogen-bond donors (Lipinski definition) is 2. The number of amides is 1. The predicted molar refractivity (Wildman–Crippen MR) is 79.0 cm³/mol. The zero-order chi connectivity index (χ0) is 15.6. The average Bonchev–Trinajstić information content (AvgIpc) is 2.40. The van der Waals surface area contributed by atoms with Crippen molar-refractivity contribution in [2.75, 3.05) is 6.61 Å². The molecule has 0 heterocycles. The summed E-state index contributed by atoms with van der Waals surface area (Å²) >= 11 is 2.97. The normalized spacial score (nSPS) is 25.7. The summed E-state index contributed by atoms with van der Waals surface area (Å²) in [5, 5.41) is 12.2. The van der Waals surface area contributed by atoms with Crippen LogP contribution in [0.2, 0.25) is 0 Å². The number of carbonyl (C=O) groups is 1. The number of benzene rings is 1. The van der Waals surface area contributed by atoms with Crippen LogP contribution in [0, 0.1) is 17.6 Å². The lowest BCUT2D eigenvalue weighted by Crippen LogP contribution is -2.53. The molecule has 0 saturated heterocycles. The van der Waals surface area contributed by atoms with Gasteiger partial charge in [-0.3, -0.25) is 4.79 Å². The Morgan fingerprint density at radius 1 is 1.38 bits per heavy atom. The first-order chi connectivity index (χ1) is 9.87. The van der Waals surface area contributed by atoms with E-state index in [4.69, 9.17) is 0 Å². The summed E-state index contributed by atoms with van der Waals surface area (Å²) in [5.41, 5.74) is -1.39. The maximum atomic E-state index is 13.8. The van der Waals surface area contributed by atoms with Gasteiger partial charge in [0.25, 0.3) is 5.91 Å². The molecule has 116 valence electrons. The van der Waals surface area contributed by atoms with Crippen LogP contribution in [0.3, 0.4) is 0 Å². The fraction of sp³-hybridized carbons (Fsp3) is 0.533. The summed E-state index contributed by atoms with van der Waals surface area (Å²) in [6, 6.07) is 2.10. The van der Waals surface area contributed by atoms with Crippen molar-refractivity contribution in [1.29, 1.82) is 0 Å². The minimum atomic E-state index is -0.920. The number of aliphatic hydroxyl groups excluding tert-OH is 1. The van der Waals surface area contributed by atoms with E-state index in [9.17, 15) is 18.7 Å². The van der Waals surface area contributed by atoms with E-state index in [2.05, 4.69) is 28.2 Å². The molecule has 0 aromatic heterocycles. The molecule has 1 aliphatic rings. The lowest BCUT2D eigenvalue weighted by Gasteiger charge is -2.38. The molecule has 0 radical (unpaired) electrons.